The third-order valence-electron chi connectivity index (χ3n) is 4.00. The van der Waals surface area contributed by atoms with Gasteiger partial charge in [0.1, 0.15) is 17.6 Å². The van der Waals surface area contributed by atoms with E-state index >= 15 is 0 Å². The zero-order valence-corrected chi connectivity index (χ0v) is 15.7. The lowest BCUT2D eigenvalue weighted by molar-refractivity contribution is -0.137. The van der Waals surface area contributed by atoms with Crippen molar-refractivity contribution in [3.63, 3.8) is 0 Å². The summed E-state index contributed by atoms with van der Waals surface area (Å²) in [6.07, 6.45) is -0.452. The number of carbonyl (C=O) groups is 2. The number of aliphatic carboxylic acids is 1. The lowest BCUT2D eigenvalue weighted by Crippen LogP contribution is -2.45. The predicted molar refractivity (Wildman–Crippen MR) is 110 cm³/mol. The fourth-order valence-corrected chi connectivity index (χ4v) is 2.87. The average Bonchev–Trinajstić information content (AvgIpc) is 2.88. The van der Waals surface area contributed by atoms with Gasteiger partial charge in [0.15, 0.2) is 0 Å². The predicted octanol–water partition coefficient (Wildman–Crippen LogP) is 2.71. The molecule has 150 valence electrons. The Morgan fingerprint density at radius 1 is 1.28 bits per heavy atom. The van der Waals surface area contributed by atoms with E-state index in [2.05, 4.69) is 20.8 Å². The number of carboxylic acid groups (broad SMARTS) is 1. The minimum atomic E-state index is -2.68. The van der Waals surface area contributed by atoms with Crippen molar-refractivity contribution in [2.75, 3.05) is 7.04 Å². The molecular formula is C20H19ClN4O4. The highest BCUT2D eigenvalue weighted by molar-refractivity contribution is 6.30. The number of amides is 1. The minimum absolute atomic E-state index is 0.0360. The number of methoxy groups -OCH3 is 1. The Hall–Kier alpha value is -3.39. The SMILES string of the molecule is [2H]CC(=O)NNC1=Nc2ccc(OC([2H])([2H])[2H])cc2C(c2ccc(Cl)cc2)=N[C@H]1CC(=O)O. The zero-order valence-electron chi connectivity index (χ0n) is 19.0. The van der Waals surface area contributed by atoms with Crippen LogP contribution in [0.3, 0.4) is 0 Å². The number of hydrogen-bond acceptors (Lipinski definition) is 6. The number of rotatable bonds is 4. The Morgan fingerprint density at radius 2 is 2.07 bits per heavy atom. The number of carboxylic acids is 1. The van der Waals surface area contributed by atoms with E-state index in [1.165, 1.54) is 18.2 Å². The van der Waals surface area contributed by atoms with Gasteiger partial charge >= 0.3 is 5.97 Å². The molecule has 1 atom stereocenters. The van der Waals surface area contributed by atoms with Crippen molar-refractivity contribution in [1.29, 1.82) is 0 Å². The second kappa shape index (κ2) is 8.74. The van der Waals surface area contributed by atoms with Gasteiger partial charge in [0, 0.05) is 24.4 Å². The van der Waals surface area contributed by atoms with Gasteiger partial charge < -0.3 is 9.84 Å². The van der Waals surface area contributed by atoms with E-state index in [9.17, 15) is 14.7 Å². The summed E-state index contributed by atoms with van der Waals surface area (Å²) in [7, 11) is -2.68. The molecule has 1 amide bonds. The third kappa shape index (κ3) is 4.91. The maximum Gasteiger partial charge on any atom is 0.306 e. The highest BCUT2D eigenvalue weighted by atomic mass is 35.5. The molecule has 0 saturated carbocycles. The second-order valence-corrected chi connectivity index (χ2v) is 6.49. The Kier molecular flexibility index (Phi) is 4.68. The lowest BCUT2D eigenvalue weighted by Gasteiger charge is -2.15. The molecule has 1 aliphatic heterocycles. The van der Waals surface area contributed by atoms with Crippen LogP contribution in [0.15, 0.2) is 52.4 Å². The summed E-state index contributed by atoms with van der Waals surface area (Å²) in [6.45, 7) is -0.546. The number of ether oxygens (including phenoxy) is 1. The first-order chi connectivity index (χ1) is 15.6. The van der Waals surface area contributed by atoms with Crippen molar-refractivity contribution in [1.82, 2.24) is 10.9 Å². The van der Waals surface area contributed by atoms with Gasteiger partial charge in [-0.3, -0.25) is 25.4 Å². The van der Waals surface area contributed by atoms with E-state index in [-0.39, 0.29) is 11.6 Å². The highest BCUT2D eigenvalue weighted by Gasteiger charge is 2.26. The Morgan fingerprint density at radius 3 is 2.76 bits per heavy atom. The topological polar surface area (TPSA) is 112 Å². The second-order valence-electron chi connectivity index (χ2n) is 6.05. The van der Waals surface area contributed by atoms with Crippen molar-refractivity contribution in [2.24, 2.45) is 9.98 Å². The summed E-state index contributed by atoms with van der Waals surface area (Å²) in [5.74, 6) is -1.73. The first-order valence-electron chi connectivity index (χ1n) is 10.6. The summed E-state index contributed by atoms with van der Waals surface area (Å²) in [5.41, 5.74) is 6.47. The van der Waals surface area contributed by atoms with Crippen LogP contribution in [0.1, 0.15) is 29.9 Å². The van der Waals surface area contributed by atoms with E-state index in [1.807, 2.05) is 0 Å². The number of nitrogens with one attached hydrogen (secondary N) is 2. The van der Waals surface area contributed by atoms with Gasteiger partial charge in [-0.05, 0) is 30.3 Å². The number of hydrazine groups is 1. The van der Waals surface area contributed by atoms with Crippen LogP contribution < -0.4 is 15.6 Å². The number of halogens is 1. The van der Waals surface area contributed by atoms with Crippen molar-refractivity contribution >= 4 is 40.7 Å². The van der Waals surface area contributed by atoms with Crippen molar-refractivity contribution in [3.8, 4) is 5.75 Å². The van der Waals surface area contributed by atoms with Crippen LogP contribution in [-0.4, -0.2) is 41.6 Å². The van der Waals surface area contributed by atoms with Crippen LogP contribution in [0.5, 0.6) is 5.75 Å². The van der Waals surface area contributed by atoms with Crippen LogP contribution in [0.2, 0.25) is 5.02 Å². The van der Waals surface area contributed by atoms with Gasteiger partial charge in [-0.15, -0.1) is 0 Å². The smallest absolute Gasteiger partial charge is 0.306 e. The molecule has 29 heavy (non-hydrogen) atoms. The van der Waals surface area contributed by atoms with Gasteiger partial charge in [0.2, 0.25) is 5.91 Å². The molecule has 3 rings (SSSR count). The van der Waals surface area contributed by atoms with E-state index in [0.717, 1.165) is 0 Å². The number of aliphatic imine (C=N–C) groups is 2. The molecule has 3 N–H and O–H groups in total. The molecule has 0 spiro atoms. The molecule has 0 saturated heterocycles. The molecule has 0 aromatic heterocycles. The van der Waals surface area contributed by atoms with E-state index in [4.69, 9.17) is 21.8 Å². The van der Waals surface area contributed by atoms with Gasteiger partial charge in [-0.2, -0.15) is 0 Å². The molecule has 2 aromatic rings. The van der Waals surface area contributed by atoms with E-state index in [1.54, 1.807) is 24.3 Å². The van der Waals surface area contributed by atoms with Crippen LogP contribution in [-0.2, 0) is 9.59 Å². The molecule has 0 radical (unpaired) electrons. The summed E-state index contributed by atoms with van der Waals surface area (Å²) in [6, 6.07) is 9.95. The molecule has 0 unspecified atom stereocenters. The number of benzene rings is 2. The average molecular weight is 419 g/mol. The summed E-state index contributed by atoms with van der Waals surface area (Å²) >= 11 is 6.00. The zero-order chi connectivity index (χ0) is 24.2. The molecule has 1 aliphatic rings. The molecule has 0 fully saturated rings. The molecule has 9 heteroatoms. The maximum atomic E-state index is 11.6. The minimum Gasteiger partial charge on any atom is -0.497 e. The molecule has 1 heterocycles. The summed E-state index contributed by atoms with van der Waals surface area (Å²) in [4.78, 5) is 32.1. The Labute approximate surface area is 177 Å². The van der Waals surface area contributed by atoms with Crippen LogP contribution >= 0.6 is 11.6 Å². The largest absolute Gasteiger partial charge is 0.497 e. The molecule has 8 nitrogen and oxygen atoms in total. The van der Waals surface area contributed by atoms with Crippen molar-refractivity contribution in [2.45, 2.75) is 19.4 Å². The third-order valence-corrected chi connectivity index (χ3v) is 4.25. The van der Waals surface area contributed by atoms with Crippen LogP contribution in [0.25, 0.3) is 0 Å². The maximum absolute atomic E-state index is 11.6. The standard InChI is InChI=1S/C20H19ClN4O4/c1-11(26)24-25-20-17(10-18(27)28)22-19(12-3-5-13(21)6-4-12)15-9-14(29-2)7-8-16(15)23-20/h3-9,17H,10H2,1-2H3,(H,23,25)(H,24,26)(H,27,28)/t17-/m0/s1/i1D,2D3. The van der Waals surface area contributed by atoms with Gasteiger partial charge in [0.25, 0.3) is 0 Å². The van der Waals surface area contributed by atoms with Crippen molar-refractivity contribution < 1.29 is 24.9 Å². The van der Waals surface area contributed by atoms with Crippen molar-refractivity contribution in [3.05, 3.63) is 58.6 Å². The molecule has 0 aliphatic carbocycles. The normalized spacial score (nSPS) is 17.8. The summed E-state index contributed by atoms with van der Waals surface area (Å²) < 4.78 is 34.2. The molecule has 2 aromatic carbocycles. The molecule has 0 bridgehead atoms. The number of carbonyl (C=O) groups excluding carboxylic acids is 1. The Balaban J connectivity index is 2.17. The first-order valence-corrected chi connectivity index (χ1v) is 8.75. The fourth-order valence-electron chi connectivity index (χ4n) is 2.75. The number of hydrogen-bond donors (Lipinski definition) is 3. The quantitative estimate of drug-likeness (QED) is 0.661. The Bertz CT molecular complexity index is 1120. The number of amidine groups is 1. The number of nitrogens with zero attached hydrogens (tertiary/aromatic N) is 2. The van der Waals surface area contributed by atoms with Gasteiger partial charge in [-0.25, -0.2) is 4.99 Å². The molecular weight excluding hydrogens is 396 g/mol. The highest BCUT2D eigenvalue weighted by Crippen LogP contribution is 2.31. The lowest BCUT2D eigenvalue weighted by atomic mass is 10.00. The van der Waals surface area contributed by atoms with E-state index in [0.29, 0.717) is 27.5 Å². The summed E-state index contributed by atoms with van der Waals surface area (Å²) in [5, 5.41) is 9.89. The van der Waals surface area contributed by atoms with Gasteiger partial charge in [0.05, 0.1) is 29.0 Å². The monoisotopic (exact) mass is 418 g/mol. The fraction of sp³-hybridized carbons (Fsp3) is 0.200. The first kappa shape index (κ1) is 15.5. The van der Waals surface area contributed by atoms with Crippen LogP contribution in [0, 0.1) is 0 Å². The van der Waals surface area contributed by atoms with Gasteiger partial charge in [-0.1, -0.05) is 23.7 Å². The van der Waals surface area contributed by atoms with E-state index < -0.39 is 38.3 Å². The van der Waals surface area contributed by atoms with Crippen LogP contribution in [0.4, 0.5) is 5.69 Å². The number of fused-ring (bicyclic) bond motifs is 1.